The SMILES string of the molecule is CCCC[C@@H]1[C@@H]([C@@H](O)c2ccccc2)C(=O)CC12OCC(C)(C)CO2. The maximum Gasteiger partial charge on any atom is 0.178 e. The van der Waals surface area contributed by atoms with E-state index in [1.165, 1.54) is 0 Å². The van der Waals surface area contributed by atoms with Crippen molar-refractivity contribution in [3.63, 3.8) is 0 Å². The molecule has 3 atom stereocenters. The van der Waals surface area contributed by atoms with Crippen LogP contribution >= 0.6 is 0 Å². The van der Waals surface area contributed by atoms with E-state index in [1.807, 2.05) is 30.3 Å². The summed E-state index contributed by atoms with van der Waals surface area (Å²) in [5, 5.41) is 10.9. The van der Waals surface area contributed by atoms with Crippen molar-refractivity contribution in [3.05, 3.63) is 35.9 Å². The highest BCUT2D eigenvalue weighted by Gasteiger charge is 2.59. The van der Waals surface area contributed by atoms with E-state index < -0.39 is 17.8 Å². The Morgan fingerprint density at radius 3 is 2.44 bits per heavy atom. The Balaban J connectivity index is 1.88. The van der Waals surface area contributed by atoms with Crippen LogP contribution in [0.1, 0.15) is 58.1 Å². The number of hydrogen-bond donors (Lipinski definition) is 1. The molecular formula is C21H30O4. The fraction of sp³-hybridized carbons (Fsp3) is 0.667. The van der Waals surface area contributed by atoms with Gasteiger partial charge in [0.25, 0.3) is 0 Å². The van der Waals surface area contributed by atoms with Gasteiger partial charge in [0.1, 0.15) is 5.78 Å². The largest absolute Gasteiger partial charge is 0.388 e. The summed E-state index contributed by atoms with van der Waals surface area (Å²) in [6.45, 7) is 7.51. The number of ether oxygens (including phenoxy) is 2. The monoisotopic (exact) mass is 346 g/mol. The summed E-state index contributed by atoms with van der Waals surface area (Å²) in [4.78, 5) is 12.9. The molecule has 2 aliphatic rings. The van der Waals surface area contributed by atoms with Gasteiger partial charge in [-0.2, -0.15) is 0 Å². The molecule has 4 heteroatoms. The average molecular weight is 346 g/mol. The summed E-state index contributed by atoms with van der Waals surface area (Å²) >= 11 is 0. The number of benzene rings is 1. The molecule has 1 aromatic carbocycles. The van der Waals surface area contributed by atoms with Gasteiger partial charge in [0.15, 0.2) is 5.79 Å². The summed E-state index contributed by atoms with van der Waals surface area (Å²) in [6.07, 6.45) is 2.30. The van der Waals surface area contributed by atoms with E-state index in [-0.39, 0.29) is 23.5 Å². The topological polar surface area (TPSA) is 55.8 Å². The molecule has 0 bridgehead atoms. The van der Waals surface area contributed by atoms with E-state index in [1.54, 1.807) is 0 Å². The predicted octanol–water partition coefficient (Wildman–Crippen LogP) is 3.88. The molecule has 1 N–H and O–H groups in total. The van der Waals surface area contributed by atoms with Crippen molar-refractivity contribution in [2.24, 2.45) is 17.3 Å². The van der Waals surface area contributed by atoms with Gasteiger partial charge in [-0.3, -0.25) is 4.79 Å². The number of aliphatic hydroxyl groups excluding tert-OH is 1. The molecule has 3 rings (SSSR count). The molecule has 1 heterocycles. The lowest BCUT2D eigenvalue weighted by Crippen LogP contribution is -2.50. The maximum atomic E-state index is 12.9. The minimum Gasteiger partial charge on any atom is -0.388 e. The zero-order valence-corrected chi connectivity index (χ0v) is 15.5. The molecule has 0 aromatic heterocycles. The number of carbonyl (C=O) groups excluding carboxylic acids is 1. The van der Waals surface area contributed by atoms with E-state index in [0.717, 1.165) is 24.8 Å². The minimum atomic E-state index is -0.859. The van der Waals surface area contributed by atoms with Gasteiger partial charge in [-0.05, 0) is 12.0 Å². The summed E-state index contributed by atoms with van der Waals surface area (Å²) in [5.74, 6) is -1.37. The van der Waals surface area contributed by atoms with Crippen LogP contribution in [-0.2, 0) is 14.3 Å². The van der Waals surface area contributed by atoms with Gasteiger partial charge in [-0.25, -0.2) is 0 Å². The Kier molecular flexibility index (Phi) is 5.33. The zero-order chi connectivity index (χ0) is 18.1. The van der Waals surface area contributed by atoms with Crippen LogP contribution in [0.5, 0.6) is 0 Å². The average Bonchev–Trinajstić information content (AvgIpc) is 2.88. The van der Waals surface area contributed by atoms with Crippen LogP contribution in [0.2, 0.25) is 0 Å². The minimum absolute atomic E-state index is 0.0419. The molecule has 0 radical (unpaired) electrons. The van der Waals surface area contributed by atoms with E-state index in [9.17, 15) is 9.90 Å². The number of aliphatic hydroxyl groups is 1. The van der Waals surface area contributed by atoms with Gasteiger partial charge < -0.3 is 14.6 Å². The summed E-state index contributed by atoms with van der Waals surface area (Å²) in [6, 6.07) is 9.46. The lowest BCUT2D eigenvalue weighted by atomic mass is 9.81. The van der Waals surface area contributed by atoms with Crippen molar-refractivity contribution in [2.45, 2.75) is 58.3 Å². The van der Waals surface area contributed by atoms with Crippen LogP contribution in [-0.4, -0.2) is 29.9 Å². The first kappa shape index (κ1) is 18.6. The maximum absolute atomic E-state index is 12.9. The number of carbonyl (C=O) groups is 1. The zero-order valence-electron chi connectivity index (χ0n) is 15.5. The van der Waals surface area contributed by atoms with Crippen molar-refractivity contribution in [1.29, 1.82) is 0 Å². The highest BCUT2D eigenvalue weighted by Crippen LogP contribution is 2.51. The molecule has 25 heavy (non-hydrogen) atoms. The van der Waals surface area contributed by atoms with Crippen LogP contribution in [0.25, 0.3) is 0 Å². The highest BCUT2D eigenvalue weighted by atomic mass is 16.7. The summed E-state index contributed by atoms with van der Waals surface area (Å²) < 4.78 is 12.4. The number of rotatable bonds is 5. The van der Waals surface area contributed by atoms with Crippen molar-refractivity contribution < 1.29 is 19.4 Å². The molecule has 138 valence electrons. The Morgan fingerprint density at radius 1 is 1.20 bits per heavy atom. The number of hydrogen-bond acceptors (Lipinski definition) is 4. The first-order valence-corrected chi connectivity index (χ1v) is 9.42. The second-order valence-corrected chi connectivity index (χ2v) is 8.33. The lowest BCUT2D eigenvalue weighted by Gasteiger charge is -2.45. The van der Waals surface area contributed by atoms with E-state index in [4.69, 9.17) is 9.47 Å². The van der Waals surface area contributed by atoms with Gasteiger partial charge in [0, 0.05) is 11.3 Å². The fourth-order valence-corrected chi connectivity index (χ4v) is 4.10. The van der Waals surface area contributed by atoms with E-state index >= 15 is 0 Å². The molecule has 1 aliphatic carbocycles. The van der Waals surface area contributed by atoms with Crippen LogP contribution in [0.4, 0.5) is 0 Å². The number of ketones is 1. The molecule has 4 nitrogen and oxygen atoms in total. The Bertz CT molecular complexity index is 585. The summed E-state index contributed by atoms with van der Waals surface area (Å²) in [7, 11) is 0. The molecule has 1 aromatic rings. The molecule has 1 spiro atoms. The van der Waals surface area contributed by atoms with Crippen molar-refractivity contribution in [2.75, 3.05) is 13.2 Å². The van der Waals surface area contributed by atoms with Gasteiger partial charge in [-0.15, -0.1) is 0 Å². The summed E-state index contributed by atoms with van der Waals surface area (Å²) in [5.41, 5.74) is 0.746. The molecule has 0 amide bonds. The van der Waals surface area contributed by atoms with E-state index in [2.05, 4.69) is 20.8 Å². The molecular weight excluding hydrogens is 316 g/mol. The normalized spacial score (nSPS) is 29.0. The molecule has 1 aliphatic heterocycles. The third kappa shape index (κ3) is 3.67. The van der Waals surface area contributed by atoms with Crippen LogP contribution in [0.3, 0.4) is 0 Å². The van der Waals surface area contributed by atoms with Crippen molar-refractivity contribution >= 4 is 5.78 Å². The second-order valence-electron chi connectivity index (χ2n) is 8.33. The Labute approximate surface area is 150 Å². The van der Waals surface area contributed by atoms with Gasteiger partial charge in [0.2, 0.25) is 0 Å². The van der Waals surface area contributed by atoms with Crippen molar-refractivity contribution in [3.8, 4) is 0 Å². The molecule has 1 saturated heterocycles. The molecule has 2 fully saturated rings. The highest BCUT2D eigenvalue weighted by molar-refractivity contribution is 5.85. The van der Waals surface area contributed by atoms with E-state index in [0.29, 0.717) is 13.2 Å². The van der Waals surface area contributed by atoms with Gasteiger partial charge in [0.05, 0.1) is 31.7 Å². The first-order valence-electron chi connectivity index (χ1n) is 9.42. The van der Waals surface area contributed by atoms with Gasteiger partial charge in [-0.1, -0.05) is 63.9 Å². The van der Waals surface area contributed by atoms with Crippen molar-refractivity contribution in [1.82, 2.24) is 0 Å². The lowest BCUT2D eigenvalue weighted by molar-refractivity contribution is -0.318. The molecule has 0 unspecified atom stereocenters. The van der Waals surface area contributed by atoms with Crippen LogP contribution < -0.4 is 0 Å². The molecule has 1 saturated carbocycles. The Hall–Kier alpha value is -1.23. The van der Waals surface area contributed by atoms with Crippen LogP contribution in [0, 0.1) is 17.3 Å². The number of unbranched alkanes of at least 4 members (excludes halogenated alkanes) is 1. The third-order valence-corrected chi connectivity index (χ3v) is 5.56. The standard InChI is InChI=1S/C21H30O4/c1-4-5-11-16-18(19(23)15-9-7-6-8-10-15)17(22)12-21(16)24-13-20(2,3)14-25-21/h6-10,16,18-19,23H,4-5,11-14H2,1-3H3/t16-,18-,19+/m1/s1. The number of Topliss-reactive ketones (excluding diaryl/α,β-unsaturated/α-hetero) is 1. The predicted molar refractivity (Wildman–Crippen MR) is 95.9 cm³/mol. The fourth-order valence-electron chi connectivity index (χ4n) is 4.10. The smallest absolute Gasteiger partial charge is 0.178 e. The Morgan fingerprint density at radius 2 is 1.84 bits per heavy atom. The third-order valence-electron chi connectivity index (χ3n) is 5.56. The second kappa shape index (κ2) is 7.18. The quantitative estimate of drug-likeness (QED) is 0.879. The van der Waals surface area contributed by atoms with Crippen LogP contribution in [0.15, 0.2) is 30.3 Å². The first-order chi connectivity index (χ1) is 11.9. The van der Waals surface area contributed by atoms with Gasteiger partial charge >= 0.3 is 0 Å².